The first-order valence-electron chi connectivity index (χ1n) is 6.51. The fourth-order valence-electron chi connectivity index (χ4n) is 2.63. The molecule has 1 aromatic carbocycles. The Labute approximate surface area is 117 Å². The molecule has 0 aliphatic carbocycles. The lowest BCUT2D eigenvalue weighted by Crippen LogP contribution is -2.32. The monoisotopic (exact) mass is 284 g/mol. The van der Waals surface area contributed by atoms with Crippen LogP contribution < -0.4 is 9.47 Å². The summed E-state index contributed by atoms with van der Waals surface area (Å²) in [4.78, 5) is 0. The van der Waals surface area contributed by atoms with Gasteiger partial charge in [-0.25, -0.2) is 0 Å². The molecule has 0 saturated carbocycles. The Morgan fingerprint density at radius 1 is 1.21 bits per heavy atom. The number of hydrogen-bond donors (Lipinski definition) is 1. The Balaban J connectivity index is 1.95. The number of fused-ring (bicyclic) bond motifs is 1. The van der Waals surface area contributed by atoms with Crippen molar-refractivity contribution in [3.63, 3.8) is 0 Å². The molecule has 0 aromatic heterocycles. The maximum absolute atomic E-state index is 10.6. The molecule has 4 nitrogen and oxygen atoms in total. The summed E-state index contributed by atoms with van der Waals surface area (Å²) in [6, 6.07) is 3.46. The Hall–Kier alpha value is -0.970. The van der Waals surface area contributed by atoms with E-state index in [1.165, 1.54) is 0 Å². The summed E-state index contributed by atoms with van der Waals surface area (Å²) in [7, 11) is 0. The molecular formula is C14H17ClO4. The molecular weight excluding hydrogens is 268 g/mol. The maximum atomic E-state index is 10.6. The minimum atomic E-state index is -0.765. The summed E-state index contributed by atoms with van der Waals surface area (Å²) in [5.74, 6) is 1.26. The zero-order valence-corrected chi connectivity index (χ0v) is 11.6. The highest BCUT2D eigenvalue weighted by molar-refractivity contribution is 6.31. The first-order chi connectivity index (χ1) is 9.10. The Morgan fingerprint density at radius 3 is 2.53 bits per heavy atom. The third kappa shape index (κ3) is 2.29. The molecule has 5 heteroatoms. The number of hydrogen-bond acceptors (Lipinski definition) is 4. The van der Waals surface area contributed by atoms with Crippen LogP contribution in [0.2, 0.25) is 5.02 Å². The van der Waals surface area contributed by atoms with Gasteiger partial charge in [-0.2, -0.15) is 0 Å². The zero-order chi connectivity index (χ0) is 13.5. The first-order valence-corrected chi connectivity index (χ1v) is 6.89. The van der Waals surface area contributed by atoms with Crippen LogP contribution in [0.3, 0.4) is 0 Å². The van der Waals surface area contributed by atoms with Gasteiger partial charge in [0.05, 0.1) is 10.6 Å². The normalized spacial score (nSPS) is 27.3. The molecule has 0 spiro atoms. The second-order valence-corrected chi connectivity index (χ2v) is 5.59. The molecule has 1 fully saturated rings. The number of benzene rings is 1. The predicted molar refractivity (Wildman–Crippen MR) is 71.0 cm³/mol. The lowest BCUT2D eigenvalue weighted by Gasteiger charge is -2.31. The minimum Gasteiger partial charge on any atom is -0.486 e. The molecule has 2 aliphatic rings. The number of rotatable bonds is 2. The standard InChI is InChI=1S/C14H17ClO4/c1-14(3-2-4-19-14)13(16)9-7-11-12(8-10(9)15)18-6-5-17-11/h7-8,13,16H,2-6H2,1H3. The lowest BCUT2D eigenvalue weighted by atomic mass is 9.90. The Bertz CT molecular complexity index is 483. The molecule has 0 radical (unpaired) electrons. The largest absolute Gasteiger partial charge is 0.486 e. The Morgan fingerprint density at radius 2 is 1.89 bits per heavy atom. The highest BCUT2D eigenvalue weighted by Gasteiger charge is 2.39. The van der Waals surface area contributed by atoms with Gasteiger partial charge in [0.15, 0.2) is 11.5 Å². The second kappa shape index (κ2) is 4.85. The van der Waals surface area contributed by atoms with Crippen LogP contribution in [-0.2, 0) is 4.74 Å². The number of halogens is 1. The average Bonchev–Trinajstić information content (AvgIpc) is 2.85. The van der Waals surface area contributed by atoms with Gasteiger partial charge in [0.25, 0.3) is 0 Å². The molecule has 0 amide bonds. The smallest absolute Gasteiger partial charge is 0.162 e. The van der Waals surface area contributed by atoms with Gasteiger partial charge >= 0.3 is 0 Å². The van der Waals surface area contributed by atoms with Crippen LogP contribution in [0.25, 0.3) is 0 Å². The average molecular weight is 285 g/mol. The van der Waals surface area contributed by atoms with E-state index in [0.29, 0.717) is 41.9 Å². The topological polar surface area (TPSA) is 47.9 Å². The molecule has 2 atom stereocenters. The van der Waals surface area contributed by atoms with E-state index in [1.54, 1.807) is 12.1 Å². The van der Waals surface area contributed by atoms with E-state index in [9.17, 15) is 5.11 Å². The van der Waals surface area contributed by atoms with E-state index in [2.05, 4.69) is 0 Å². The Kier molecular flexibility index (Phi) is 3.33. The summed E-state index contributed by atoms with van der Waals surface area (Å²) in [6.45, 7) is 3.62. The number of ether oxygens (including phenoxy) is 3. The molecule has 1 N–H and O–H groups in total. The van der Waals surface area contributed by atoms with Crippen LogP contribution in [-0.4, -0.2) is 30.5 Å². The SMILES string of the molecule is CC1(C(O)c2cc3c(cc2Cl)OCCO3)CCCO1. The van der Waals surface area contributed by atoms with Crippen LogP contribution >= 0.6 is 11.6 Å². The summed E-state index contributed by atoms with van der Waals surface area (Å²) in [5, 5.41) is 11.0. The van der Waals surface area contributed by atoms with Crippen molar-refractivity contribution in [2.45, 2.75) is 31.5 Å². The van der Waals surface area contributed by atoms with Gasteiger partial charge in [0.1, 0.15) is 19.3 Å². The van der Waals surface area contributed by atoms with E-state index < -0.39 is 11.7 Å². The number of aliphatic hydroxyl groups is 1. The second-order valence-electron chi connectivity index (χ2n) is 5.18. The molecule has 0 bridgehead atoms. The maximum Gasteiger partial charge on any atom is 0.162 e. The van der Waals surface area contributed by atoms with Crippen LogP contribution in [0.15, 0.2) is 12.1 Å². The van der Waals surface area contributed by atoms with Crippen LogP contribution in [0, 0.1) is 0 Å². The minimum absolute atomic E-state index is 0.480. The van der Waals surface area contributed by atoms with Crippen LogP contribution in [0.1, 0.15) is 31.4 Å². The molecule has 3 rings (SSSR count). The quantitative estimate of drug-likeness (QED) is 0.907. The summed E-state index contributed by atoms with van der Waals surface area (Å²) in [5.41, 5.74) is 0.0586. The molecule has 19 heavy (non-hydrogen) atoms. The van der Waals surface area contributed by atoms with Crippen molar-refractivity contribution in [3.05, 3.63) is 22.7 Å². The van der Waals surface area contributed by atoms with Gasteiger partial charge in [-0.3, -0.25) is 0 Å². The van der Waals surface area contributed by atoms with Crippen molar-refractivity contribution in [1.29, 1.82) is 0 Å². The molecule has 2 unspecified atom stereocenters. The third-order valence-electron chi connectivity index (χ3n) is 3.78. The van der Waals surface area contributed by atoms with Crippen molar-refractivity contribution in [2.24, 2.45) is 0 Å². The van der Waals surface area contributed by atoms with Gasteiger partial charge in [0, 0.05) is 18.2 Å². The number of aliphatic hydroxyl groups excluding tert-OH is 1. The summed E-state index contributed by atoms with van der Waals surface area (Å²) >= 11 is 6.25. The molecule has 104 valence electrons. The van der Waals surface area contributed by atoms with Crippen molar-refractivity contribution in [1.82, 2.24) is 0 Å². The lowest BCUT2D eigenvalue weighted by molar-refractivity contribution is -0.0796. The van der Waals surface area contributed by atoms with E-state index in [0.717, 1.165) is 12.8 Å². The van der Waals surface area contributed by atoms with Gasteiger partial charge in [-0.15, -0.1) is 0 Å². The van der Waals surface area contributed by atoms with Crippen LogP contribution in [0.5, 0.6) is 11.5 Å². The first kappa shape index (κ1) is 13.0. The fourth-order valence-corrected chi connectivity index (χ4v) is 2.89. The van der Waals surface area contributed by atoms with Gasteiger partial charge in [0.2, 0.25) is 0 Å². The van der Waals surface area contributed by atoms with Crippen molar-refractivity contribution < 1.29 is 19.3 Å². The van der Waals surface area contributed by atoms with Crippen molar-refractivity contribution in [2.75, 3.05) is 19.8 Å². The summed E-state index contributed by atoms with van der Waals surface area (Å²) in [6.07, 6.45) is 1.01. The highest BCUT2D eigenvalue weighted by atomic mass is 35.5. The van der Waals surface area contributed by atoms with E-state index in [1.807, 2.05) is 6.92 Å². The zero-order valence-electron chi connectivity index (χ0n) is 10.8. The molecule has 1 aromatic rings. The van der Waals surface area contributed by atoms with Gasteiger partial charge in [-0.05, 0) is 25.8 Å². The van der Waals surface area contributed by atoms with Crippen molar-refractivity contribution in [3.8, 4) is 11.5 Å². The van der Waals surface area contributed by atoms with Crippen LogP contribution in [0.4, 0.5) is 0 Å². The highest BCUT2D eigenvalue weighted by Crippen LogP contribution is 2.43. The van der Waals surface area contributed by atoms with Crippen molar-refractivity contribution >= 4 is 11.6 Å². The molecule has 1 saturated heterocycles. The van der Waals surface area contributed by atoms with Gasteiger partial charge in [-0.1, -0.05) is 11.6 Å². The van der Waals surface area contributed by atoms with E-state index >= 15 is 0 Å². The molecule has 2 heterocycles. The summed E-state index contributed by atoms with van der Waals surface area (Å²) < 4.78 is 16.7. The molecule has 2 aliphatic heterocycles. The fraction of sp³-hybridized carbons (Fsp3) is 0.571. The third-order valence-corrected chi connectivity index (χ3v) is 4.11. The van der Waals surface area contributed by atoms with Gasteiger partial charge < -0.3 is 19.3 Å². The predicted octanol–water partition coefficient (Wildman–Crippen LogP) is 2.71. The van der Waals surface area contributed by atoms with E-state index in [4.69, 9.17) is 25.8 Å². The van der Waals surface area contributed by atoms with E-state index in [-0.39, 0.29) is 0 Å².